The van der Waals surface area contributed by atoms with Crippen molar-refractivity contribution >= 4 is 5.84 Å². The highest BCUT2D eigenvalue weighted by Crippen LogP contribution is 2.09. The average molecular weight is 197 g/mol. The number of rotatable bonds is 4. The molecule has 0 aromatic heterocycles. The number of amidine groups is 1. The number of allylic oxidation sites excluding steroid dienone is 1. The standard InChI is InChI=1S/C10H19N3O/c1-2-8(7-10(11)12)13-9-3-5-14-6-4-9/h7,9,13H,2-6H2,1H3,(H3,11,12)/b8-7-. The first-order chi connectivity index (χ1) is 6.72. The number of hydrogen-bond donors (Lipinski definition) is 3. The van der Waals surface area contributed by atoms with Crippen LogP contribution < -0.4 is 11.1 Å². The van der Waals surface area contributed by atoms with Gasteiger partial charge in [0.1, 0.15) is 5.84 Å². The first kappa shape index (κ1) is 11.0. The molecule has 0 aromatic carbocycles. The van der Waals surface area contributed by atoms with E-state index >= 15 is 0 Å². The fourth-order valence-corrected chi connectivity index (χ4v) is 1.54. The van der Waals surface area contributed by atoms with Gasteiger partial charge in [0, 0.05) is 25.0 Å². The second-order valence-corrected chi connectivity index (χ2v) is 3.51. The van der Waals surface area contributed by atoms with E-state index < -0.39 is 0 Å². The van der Waals surface area contributed by atoms with Crippen LogP contribution in [0.2, 0.25) is 0 Å². The van der Waals surface area contributed by atoms with Crippen LogP contribution >= 0.6 is 0 Å². The van der Waals surface area contributed by atoms with E-state index in [4.69, 9.17) is 15.9 Å². The van der Waals surface area contributed by atoms with Gasteiger partial charge in [0.25, 0.3) is 0 Å². The zero-order valence-electron chi connectivity index (χ0n) is 8.68. The number of nitrogens with two attached hydrogens (primary N) is 1. The van der Waals surface area contributed by atoms with Crippen molar-refractivity contribution in [2.24, 2.45) is 5.73 Å². The van der Waals surface area contributed by atoms with E-state index in [1.165, 1.54) is 0 Å². The van der Waals surface area contributed by atoms with Gasteiger partial charge in [-0.2, -0.15) is 0 Å². The second kappa shape index (κ2) is 5.65. The molecular formula is C10H19N3O. The average Bonchev–Trinajstić information content (AvgIpc) is 2.17. The lowest BCUT2D eigenvalue weighted by atomic mass is 10.1. The summed E-state index contributed by atoms with van der Waals surface area (Å²) in [7, 11) is 0. The lowest BCUT2D eigenvalue weighted by molar-refractivity contribution is 0.0802. The van der Waals surface area contributed by atoms with Crippen LogP contribution in [-0.4, -0.2) is 25.1 Å². The molecule has 0 amide bonds. The zero-order valence-corrected chi connectivity index (χ0v) is 8.68. The molecular weight excluding hydrogens is 178 g/mol. The van der Waals surface area contributed by atoms with E-state index in [-0.39, 0.29) is 5.84 Å². The summed E-state index contributed by atoms with van der Waals surface area (Å²) in [4.78, 5) is 0. The van der Waals surface area contributed by atoms with E-state index in [0.29, 0.717) is 6.04 Å². The molecule has 80 valence electrons. The van der Waals surface area contributed by atoms with Crippen LogP contribution in [0.1, 0.15) is 26.2 Å². The summed E-state index contributed by atoms with van der Waals surface area (Å²) in [6.45, 7) is 3.71. The minimum atomic E-state index is 0.112. The second-order valence-electron chi connectivity index (χ2n) is 3.51. The predicted octanol–water partition coefficient (Wildman–Crippen LogP) is 0.985. The van der Waals surface area contributed by atoms with Crippen molar-refractivity contribution in [1.29, 1.82) is 5.41 Å². The largest absolute Gasteiger partial charge is 0.385 e. The lowest BCUT2D eigenvalue weighted by Crippen LogP contribution is -2.34. The Hall–Kier alpha value is -1.03. The molecule has 0 saturated carbocycles. The monoisotopic (exact) mass is 197 g/mol. The third-order valence-electron chi connectivity index (χ3n) is 2.32. The van der Waals surface area contributed by atoms with Crippen LogP contribution in [-0.2, 0) is 4.74 Å². The Morgan fingerprint density at radius 1 is 1.57 bits per heavy atom. The molecule has 4 N–H and O–H groups in total. The summed E-state index contributed by atoms with van der Waals surface area (Å²) in [5.41, 5.74) is 6.36. The molecule has 14 heavy (non-hydrogen) atoms. The molecule has 1 heterocycles. The Labute approximate surface area is 85.0 Å². The van der Waals surface area contributed by atoms with Gasteiger partial charge in [0.05, 0.1) is 0 Å². The van der Waals surface area contributed by atoms with Crippen molar-refractivity contribution in [3.63, 3.8) is 0 Å². The normalized spacial score (nSPS) is 19.4. The fraction of sp³-hybridized carbons (Fsp3) is 0.700. The van der Waals surface area contributed by atoms with Gasteiger partial charge in [-0.25, -0.2) is 0 Å². The fourth-order valence-electron chi connectivity index (χ4n) is 1.54. The van der Waals surface area contributed by atoms with Crippen LogP contribution in [0.4, 0.5) is 0 Å². The third-order valence-corrected chi connectivity index (χ3v) is 2.32. The van der Waals surface area contributed by atoms with Crippen LogP contribution in [0.15, 0.2) is 11.8 Å². The molecule has 0 bridgehead atoms. The summed E-state index contributed by atoms with van der Waals surface area (Å²) < 4.78 is 5.27. The Bertz CT molecular complexity index is 219. The van der Waals surface area contributed by atoms with Crippen molar-refractivity contribution in [2.45, 2.75) is 32.2 Å². The van der Waals surface area contributed by atoms with Gasteiger partial charge in [0.2, 0.25) is 0 Å². The highest BCUT2D eigenvalue weighted by molar-refractivity contribution is 5.89. The third kappa shape index (κ3) is 3.79. The summed E-state index contributed by atoms with van der Waals surface area (Å²) in [6, 6.07) is 0.481. The topological polar surface area (TPSA) is 71.1 Å². The van der Waals surface area contributed by atoms with Crippen molar-refractivity contribution in [1.82, 2.24) is 5.32 Å². The van der Waals surface area contributed by atoms with Gasteiger partial charge in [0.15, 0.2) is 0 Å². The molecule has 1 aliphatic rings. The Morgan fingerprint density at radius 2 is 2.21 bits per heavy atom. The van der Waals surface area contributed by atoms with Gasteiger partial charge >= 0.3 is 0 Å². The van der Waals surface area contributed by atoms with Crippen LogP contribution in [0.3, 0.4) is 0 Å². The van der Waals surface area contributed by atoms with Crippen molar-refractivity contribution in [3.8, 4) is 0 Å². The minimum Gasteiger partial charge on any atom is -0.385 e. The van der Waals surface area contributed by atoms with E-state index in [1.807, 2.05) is 0 Å². The van der Waals surface area contributed by atoms with E-state index in [9.17, 15) is 0 Å². The van der Waals surface area contributed by atoms with Gasteiger partial charge in [-0.3, -0.25) is 5.41 Å². The molecule has 0 radical (unpaired) electrons. The lowest BCUT2D eigenvalue weighted by Gasteiger charge is -2.25. The summed E-state index contributed by atoms with van der Waals surface area (Å²) in [6.07, 6.45) is 4.65. The highest BCUT2D eigenvalue weighted by atomic mass is 16.5. The SMILES string of the molecule is CC/C(=C/C(=N)N)NC1CCOCC1. The Kier molecular flexibility index (Phi) is 4.46. The van der Waals surface area contributed by atoms with Crippen molar-refractivity contribution in [3.05, 3.63) is 11.8 Å². The molecule has 0 aromatic rings. The van der Waals surface area contributed by atoms with Gasteiger partial charge in [-0.1, -0.05) is 6.92 Å². The maximum absolute atomic E-state index is 7.18. The first-order valence-electron chi connectivity index (χ1n) is 5.11. The van der Waals surface area contributed by atoms with Gasteiger partial charge in [-0.15, -0.1) is 0 Å². The van der Waals surface area contributed by atoms with Crippen LogP contribution in [0, 0.1) is 5.41 Å². The van der Waals surface area contributed by atoms with Crippen LogP contribution in [0.25, 0.3) is 0 Å². The molecule has 0 aliphatic carbocycles. The van der Waals surface area contributed by atoms with E-state index in [1.54, 1.807) is 6.08 Å². The van der Waals surface area contributed by atoms with Gasteiger partial charge < -0.3 is 15.8 Å². The summed E-state index contributed by atoms with van der Waals surface area (Å²) >= 11 is 0. The molecule has 1 saturated heterocycles. The Morgan fingerprint density at radius 3 is 2.71 bits per heavy atom. The first-order valence-corrected chi connectivity index (χ1v) is 5.11. The summed E-state index contributed by atoms with van der Waals surface area (Å²) in [5, 5.41) is 10.6. The van der Waals surface area contributed by atoms with Crippen LogP contribution in [0.5, 0.6) is 0 Å². The van der Waals surface area contributed by atoms with E-state index in [0.717, 1.165) is 38.2 Å². The van der Waals surface area contributed by atoms with Crippen molar-refractivity contribution < 1.29 is 4.74 Å². The molecule has 0 spiro atoms. The number of ether oxygens (including phenoxy) is 1. The predicted molar refractivity (Wildman–Crippen MR) is 57.3 cm³/mol. The molecule has 0 unspecified atom stereocenters. The molecule has 1 aliphatic heterocycles. The minimum absolute atomic E-state index is 0.112. The molecule has 4 nitrogen and oxygen atoms in total. The van der Waals surface area contributed by atoms with Gasteiger partial charge in [-0.05, 0) is 25.3 Å². The summed E-state index contributed by atoms with van der Waals surface area (Å²) in [5.74, 6) is 0.112. The maximum atomic E-state index is 7.18. The zero-order chi connectivity index (χ0) is 10.4. The quantitative estimate of drug-likeness (QED) is 0.465. The van der Waals surface area contributed by atoms with E-state index in [2.05, 4.69) is 12.2 Å². The highest BCUT2D eigenvalue weighted by Gasteiger charge is 2.13. The Balaban J connectivity index is 2.42. The van der Waals surface area contributed by atoms with Crippen molar-refractivity contribution in [2.75, 3.05) is 13.2 Å². The molecule has 1 rings (SSSR count). The maximum Gasteiger partial charge on any atom is 0.117 e. The molecule has 4 heteroatoms. The molecule has 1 fully saturated rings. The number of nitrogens with one attached hydrogen (secondary N) is 2. The number of hydrogen-bond acceptors (Lipinski definition) is 3. The smallest absolute Gasteiger partial charge is 0.117 e. The molecule has 0 atom stereocenters.